The summed E-state index contributed by atoms with van der Waals surface area (Å²) in [6, 6.07) is 0. The highest BCUT2D eigenvalue weighted by Crippen LogP contribution is 1.81. The Balaban J connectivity index is 0. The van der Waals surface area contributed by atoms with Crippen LogP contribution in [0, 0.1) is 0 Å². The van der Waals surface area contributed by atoms with Gasteiger partial charge in [-0.3, -0.25) is 5.43 Å². The molecule has 0 atom stereocenters. The maximum absolute atomic E-state index is 4.84. The monoisotopic (exact) mass is 276 g/mol. The minimum absolute atomic E-state index is 0.483. The molecule has 8 heteroatoms. The predicted molar refractivity (Wildman–Crippen MR) is 82.8 cm³/mol. The standard InChI is InChI=1S/C7H15N5S.C2H5NS/c1-5(10-9-4)6(2)11-12-7(13)8-3;1-3-2-4/h9H,1-4H3,(H2,8,12,13);2H,1H3,(H,3,4)/b10-5+,11-6+;. The summed E-state index contributed by atoms with van der Waals surface area (Å²) < 4.78 is 0. The van der Waals surface area contributed by atoms with Crippen LogP contribution in [0.4, 0.5) is 0 Å². The summed E-state index contributed by atoms with van der Waals surface area (Å²) >= 11 is 9.16. The molecule has 0 saturated heterocycles. The Morgan fingerprint density at radius 3 is 1.88 bits per heavy atom. The van der Waals surface area contributed by atoms with Crippen molar-refractivity contribution < 1.29 is 0 Å². The Morgan fingerprint density at radius 1 is 1.06 bits per heavy atom. The quantitative estimate of drug-likeness (QED) is 0.334. The van der Waals surface area contributed by atoms with Crippen LogP contribution in [0.3, 0.4) is 0 Å². The van der Waals surface area contributed by atoms with Crippen molar-refractivity contribution in [1.29, 1.82) is 0 Å². The number of rotatable bonds is 4. The fraction of sp³-hybridized carbons (Fsp3) is 0.556. The van der Waals surface area contributed by atoms with Crippen LogP contribution in [0.2, 0.25) is 0 Å². The van der Waals surface area contributed by atoms with Gasteiger partial charge in [0, 0.05) is 21.1 Å². The third-order valence-electron chi connectivity index (χ3n) is 1.47. The Morgan fingerprint density at radius 2 is 1.53 bits per heavy atom. The Hall–Kier alpha value is -1.28. The third kappa shape index (κ3) is 12.7. The summed E-state index contributed by atoms with van der Waals surface area (Å²) in [5.41, 5.74) is 8.41. The van der Waals surface area contributed by atoms with Gasteiger partial charge in [0.1, 0.15) is 0 Å². The highest BCUT2D eigenvalue weighted by atomic mass is 32.1. The molecule has 0 aromatic carbocycles. The molecule has 0 spiro atoms. The molecule has 0 heterocycles. The molecule has 0 aliphatic heterocycles. The fourth-order valence-electron chi connectivity index (χ4n) is 0.520. The summed E-state index contributed by atoms with van der Waals surface area (Å²) in [5.74, 6) is 0. The van der Waals surface area contributed by atoms with Crippen molar-refractivity contribution in [2.45, 2.75) is 13.8 Å². The lowest BCUT2D eigenvalue weighted by atomic mass is 10.3. The second-order valence-corrected chi connectivity index (χ2v) is 3.36. The lowest BCUT2D eigenvalue weighted by Crippen LogP contribution is -2.30. The number of hydrogen-bond acceptors (Lipinski definition) is 5. The van der Waals surface area contributed by atoms with Crippen molar-refractivity contribution >= 4 is 46.5 Å². The van der Waals surface area contributed by atoms with E-state index in [4.69, 9.17) is 12.2 Å². The van der Waals surface area contributed by atoms with Crippen molar-refractivity contribution in [3.05, 3.63) is 0 Å². The maximum atomic E-state index is 4.84. The largest absolute Gasteiger partial charge is 0.385 e. The number of nitrogens with zero attached hydrogens (tertiary/aromatic N) is 2. The van der Waals surface area contributed by atoms with Crippen LogP contribution in [0.25, 0.3) is 0 Å². The SMILES string of the molecule is CN/N=C(C)/C(C)=N/NC(=S)NC.CNC=S. The first-order chi connectivity index (χ1) is 8.03. The molecule has 0 radical (unpaired) electrons. The van der Waals surface area contributed by atoms with E-state index in [1.807, 2.05) is 13.8 Å². The minimum atomic E-state index is 0.483. The summed E-state index contributed by atoms with van der Waals surface area (Å²) in [4.78, 5) is 0. The number of thiocarbonyl (C=S) groups is 2. The van der Waals surface area contributed by atoms with Gasteiger partial charge in [0.05, 0.1) is 16.9 Å². The molecular formula is C9H20N6S2. The third-order valence-corrected chi connectivity index (χ3v) is 2.00. The Bertz CT molecular complexity index is 287. The van der Waals surface area contributed by atoms with Gasteiger partial charge in [-0.1, -0.05) is 12.2 Å². The smallest absolute Gasteiger partial charge is 0.186 e. The summed E-state index contributed by atoms with van der Waals surface area (Å²) in [7, 11) is 5.24. The van der Waals surface area contributed by atoms with E-state index in [2.05, 4.69) is 43.9 Å². The van der Waals surface area contributed by atoms with Gasteiger partial charge >= 0.3 is 0 Å². The zero-order valence-electron chi connectivity index (χ0n) is 10.8. The van der Waals surface area contributed by atoms with Gasteiger partial charge in [-0.05, 0) is 26.1 Å². The Kier molecular flexibility index (Phi) is 13.6. The minimum Gasteiger partial charge on any atom is -0.385 e. The number of hydrazone groups is 2. The van der Waals surface area contributed by atoms with Crippen LogP contribution in [0.5, 0.6) is 0 Å². The first-order valence-corrected chi connectivity index (χ1v) is 5.75. The van der Waals surface area contributed by atoms with Gasteiger partial charge in [0.25, 0.3) is 0 Å². The average Bonchev–Trinajstić information content (AvgIpc) is 2.35. The molecule has 0 amide bonds. The van der Waals surface area contributed by atoms with Crippen molar-refractivity contribution in [3.8, 4) is 0 Å². The molecule has 0 saturated carbocycles. The predicted octanol–water partition coefficient (Wildman–Crippen LogP) is 0.215. The summed E-state index contributed by atoms with van der Waals surface area (Å²) in [6.45, 7) is 3.71. The molecule has 0 aliphatic rings. The fourth-order valence-corrected chi connectivity index (χ4v) is 0.566. The highest BCUT2D eigenvalue weighted by molar-refractivity contribution is 7.80. The van der Waals surface area contributed by atoms with E-state index >= 15 is 0 Å². The molecule has 0 bridgehead atoms. The van der Waals surface area contributed by atoms with Crippen molar-refractivity contribution in [3.63, 3.8) is 0 Å². The molecule has 0 aromatic rings. The Labute approximate surface area is 113 Å². The van der Waals surface area contributed by atoms with Gasteiger partial charge in [0.2, 0.25) is 0 Å². The van der Waals surface area contributed by atoms with E-state index in [1.165, 1.54) is 5.49 Å². The van der Waals surface area contributed by atoms with Crippen LogP contribution in [-0.4, -0.2) is 43.2 Å². The highest BCUT2D eigenvalue weighted by Gasteiger charge is 1.96. The van der Waals surface area contributed by atoms with Crippen LogP contribution in [0.1, 0.15) is 13.8 Å². The van der Waals surface area contributed by atoms with Crippen LogP contribution < -0.4 is 21.5 Å². The van der Waals surface area contributed by atoms with E-state index in [-0.39, 0.29) is 0 Å². The van der Waals surface area contributed by atoms with E-state index < -0.39 is 0 Å². The van der Waals surface area contributed by atoms with Crippen molar-refractivity contribution in [1.82, 2.24) is 21.5 Å². The van der Waals surface area contributed by atoms with Gasteiger partial charge in [-0.15, -0.1) is 0 Å². The van der Waals surface area contributed by atoms with Gasteiger partial charge in [-0.2, -0.15) is 10.2 Å². The van der Waals surface area contributed by atoms with E-state index in [0.717, 1.165) is 11.4 Å². The van der Waals surface area contributed by atoms with Gasteiger partial charge < -0.3 is 16.1 Å². The molecule has 0 fully saturated rings. The lowest BCUT2D eigenvalue weighted by molar-refractivity contribution is 0.901. The maximum Gasteiger partial charge on any atom is 0.186 e. The van der Waals surface area contributed by atoms with Gasteiger partial charge in [-0.25, -0.2) is 0 Å². The van der Waals surface area contributed by atoms with Crippen LogP contribution >= 0.6 is 24.4 Å². The molecule has 98 valence electrons. The summed E-state index contributed by atoms with van der Waals surface area (Å²) in [6.07, 6.45) is 0. The zero-order chi connectivity index (χ0) is 13.7. The molecular weight excluding hydrogens is 256 g/mol. The van der Waals surface area contributed by atoms with E-state index in [9.17, 15) is 0 Å². The zero-order valence-corrected chi connectivity index (χ0v) is 12.4. The first-order valence-electron chi connectivity index (χ1n) is 4.87. The number of hydrogen-bond donors (Lipinski definition) is 4. The van der Waals surface area contributed by atoms with Crippen LogP contribution in [0.15, 0.2) is 10.2 Å². The molecule has 0 aliphatic carbocycles. The second-order valence-electron chi connectivity index (χ2n) is 2.72. The van der Waals surface area contributed by atoms with E-state index in [1.54, 1.807) is 21.1 Å². The average molecular weight is 276 g/mol. The molecule has 0 unspecified atom stereocenters. The second kappa shape index (κ2) is 12.8. The topological polar surface area (TPSA) is 72.8 Å². The molecule has 0 aromatic heterocycles. The normalized spacial score (nSPS) is 10.6. The molecule has 0 rings (SSSR count). The van der Waals surface area contributed by atoms with Crippen molar-refractivity contribution in [2.24, 2.45) is 10.2 Å². The van der Waals surface area contributed by atoms with Gasteiger partial charge in [0.15, 0.2) is 5.11 Å². The first kappa shape index (κ1) is 18.1. The van der Waals surface area contributed by atoms with E-state index in [0.29, 0.717) is 5.11 Å². The molecule has 17 heavy (non-hydrogen) atoms. The van der Waals surface area contributed by atoms with Crippen LogP contribution in [-0.2, 0) is 0 Å². The lowest BCUT2D eigenvalue weighted by Gasteiger charge is -2.03. The molecule has 6 nitrogen and oxygen atoms in total. The number of nitrogens with one attached hydrogen (secondary N) is 4. The van der Waals surface area contributed by atoms with Crippen molar-refractivity contribution in [2.75, 3.05) is 21.1 Å². The summed E-state index contributed by atoms with van der Waals surface area (Å²) in [5, 5.41) is 13.8. The molecule has 4 N–H and O–H groups in total.